The molecule has 0 saturated heterocycles. The number of aliphatic carboxylic acids is 1. The maximum absolute atomic E-state index is 10.9. The maximum atomic E-state index is 10.9. The molecule has 2 unspecified atom stereocenters. The zero-order valence-electron chi connectivity index (χ0n) is 6.56. The van der Waals surface area contributed by atoms with Crippen molar-refractivity contribution in [2.45, 2.75) is 18.5 Å². The summed E-state index contributed by atoms with van der Waals surface area (Å²) in [5, 5.41) is 8.38. The summed E-state index contributed by atoms with van der Waals surface area (Å²) in [6.07, 6.45) is 0.0577. The molecule has 0 aromatic rings. The van der Waals surface area contributed by atoms with Crippen LogP contribution in [-0.4, -0.2) is 35.5 Å². The third kappa shape index (κ3) is 2.95. The molecule has 0 bridgehead atoms. The van der Waals surface area contributed by atoms with E-state index >= 15 is 0 Å². The molecule has 7 N–H and O–H groups in total. The molecule has 0 fully saturated rings. The molecule has 0 aromatic carbocycles. The molecule has 70 valence electrons. The van der Waals surface area contributed by atoms with Gasteiger partial charge in [0, 0.05) is 6.42 Å². The highest BCUT2D eigenvalue weighted by atomic mass is 16.4. The van der Waals surface area contributed by atoms with Crippen LogP contribution in [0, 0.1) is 0 Å². The highest BCUT2D eigenvalue weighted by molar-refractivity contribution is 5.90. The quantitative estimate of drug-likeness (QED) is 0.369. The third-order valence-corrected chi connectivity index (χ3v) is 1.43. The van der Waals surface area contributed by atoms with Gasteiger partial charge in [0.05, 0.1) is 6.04 Å². The van der Waals surface area contributed by atoms with Crippen molar-refractivity contribution in [2.75, 3.05) is 6.54 Å². The largest absolute Gasteiger partial charge is 0.480 e. The first kappa shape index (κ1) is 11.0. The van der Waals surface area contributed by atoms with Crippen LogP contribution >= 0.6 is 0 Å². The SMILES string of the molecule is NCCC(=O)C(N)C(N)C(=O)O. The summed E-state index contributed by atoms with van der Waals surface area (Å²) < 4.78 is 0. The van der Waals surface area contributed by atoms with Gasteiger partial charge in [0.25, 0.3) is 0 Å². The van der Waals surface area contributed by atoms with Crippen molar-refractivity contribution < 1.29 is 14.7 Å². The second-order valence-electron chi connectivity index (χ2n) is 2.39. The van der Waals surface area contributed by atoms with E-state index in [0.717, 1.165) is 0 Å². The third-order valence-electron chi connectivity index (χ3n) is 1.43. The topological polar surface area (TPSA) is 132 Å². The first-order chi connectivity index (χ1) is 5.50. The standard InChI is InChI=1S/C6H13N3O3/c7-2-1-3(10)4(8)5(9)6(11)12/h4-5H,1-2,7-9H2,(H,11,12). The smallest absolute Gasteiger partial charge is 0.322 e. The summed E-state index contributed by atoms with van der Waals surface area (Å²) in [5.74, 6) is -1.71. The van der Waals surface area contributed by atoms with Gasteiger partial charge < -0.3 is 22.3 Å². The fraction of sp³-hybridized carbons (Fsp3) is 0.667. The summed E-state index contributed by atoms with van der Waals surface area (Å²) in [7, 11) is 0. The molecule has 0 amide bonds. The molecule has 2 atom stereocenters. The van der Waals surface area contributed by atoms with E-state index in [2.05, 4.69) is 0 Å². The van der Waals surface area contributed by atoms with E-state index in [1.54, 1.807) is 0 Å². The van der Waals surface area contributed by atoms with Gasteiger partial charge >= 0.3 is 5.97 Å². The summed E-state index contributed by atoms with van der Waals surface area (Å²) in [6, 6.07) is -2.50. The fourth-order valence-corrected chi connectivity index (χ4v) is 0.663. The zero-order chi connectivity index (χ0) is 9.72. The Morgan fingerprint density at radius 1 is 1.25 bits per heavy atom. The van der Waals surface area contributed by atoms with E-state index in [1.807, 2.05) is 0 Å². The van der Waals surface area contributed by atoms with Crippen molar-refractivity contribution in [3.8, 4) is 0 Å². The Hall–Kier alpha value is -0.980. The Bertz CT molecular complexity index is 183. The maximum Gasteiger partial charge on any atom is 0.322 e. The number of Topliss-reactive ketones (excluding diaryl/α,β-unsaturated/α-hetero) is 1. The van der Waals surface area contributed by atoms with Crippen molar-refractivity contribution in [1.29, 1.82) is 0 Å². The Morgan fingerprint density at radius 2 is 1.75 bits per heavy atom. The monoisotopic (exact) mass is 175 g/mol. The van der Waals surface area contributed by atoms with Crippen molar-refractivity contribution in [3.63, 3.8) is 0 Å². The molecule has 0 aliphatic carbocycles. The molecule has 6 nitrogen and oxygen atoms in total. The zero-order valence-corrected chi connectivity index (χ0v) is 6.56. The number of carbonyl (C=O) groups excluding carboxylic acids is 1. The lowest BCUT2D eigenvalue weighted by Crippen LogP contribution is -2.51. The fourth-order valence-electron chi connectivity index (χ4n) is 0.663. The second-order valence-corrected chi connectivity index (χ2v) is 2.39. The van der Waals surface area contributed by atoms with E-state index < -0.39 is 23.8 Å². The van der Waals surface area contributed by atoms with Crippen molar-refractivity contribution >= 4 is 11.8 Å². The number of rotatable bonds is 5. The first-order valence-electron chi connectivity index (χ1n) is 3.47. The van der Waals surface area contributed by atoms with Gasteiger partial charge in [-0.15, -0.1) is 0 Å². The van der Waals surface area contributed by atoms with Gasteiger partial charge in [-0.05, 0) is 6.54 Å². The van der Waals surface area contributed by atoms with Crippen LogP contribution in [0.2, 0.25) is 0 Å². The van der Waals surface area contributed by atoms with Gasteiger partial charge in [-0.3, -0.25) is 9.59 Å². The molecule has 0 rings (SSSR count). The number of carbonyl (C=O) groups is 2. The van der Waals surface area contributed by atoms with Crippen LogP contribution in [0.15, 0.2) is 0 Å². The lowest BCUT2D eigenvalue weighted by molar-refractivity contribution is -0.140. The predicted molar refractivity (Wildman–Crippen MR) is 42.3 cm³/mol. The van der Waals surface area contributed by atoms with E-state index in [-0.39, 0.29) is 13.0 Å². The summed E-state index contributed by atoms with van der Waals surface area (Å²) in [6.45, 7) is 0.152. The molecular formula is C6H13N3O3. The Kier molecular flexibility index (Phi) is 4.42. The van der Waals surface area contributed by atoms with Crippen LogP contribution < -0.4 is 17.2 Å². The summed E-state index contributed by atoms with van der Waals surface area (Å²) >= 11 is 0. The normalized spacial score (nSPS) is 15.2. The molecule has 0 radical (unpaired) electrons. The van der Waals surface area contributed by atoms with Crippen molar-refractivity contribution in [2.24, 2.45) is 17.2 Å². The number of nitrogens with two attached hydrogens (primary N) is 3. The summed E-state index contributed by atoms with van der Waals surface area (Å²) in [5.41, 5.74) is 15.4. The lowest BCUT2D eigenvalue weighted by Gasteiger charge is -2.13. The lowest BCUT2D eigenvalue weighted by atomic mass is 10.0. The Labute approximate surface area is 69.7 Å². The molecule has 0 aromatic heterocycles. The molecule has 0 aliphatic rings. The van der Waals surface area contributed by atoms with E-state index in [1.165, 1.54) is 0 Å². The summed E-state index contributed by atoms with van der Waals surface area (Å²) in [4.78, 5) is 21.2. The van der Waals surface area contributed by atoms with Crippen molar-refractivity contribution in [1.82, 2.24) is 0 Å². The number of ketones is 1. The van der Waals surface area contributed by atoms with Gasteiger partial charge in [-0.25, -0.2) is 0 Å². The molecule has 0 saturated carbocycles. The average Bonchev–Trinajstić information content (AvgIpc) is 2.02. The number of carboxylic acids is 1. The Morgan fingerprint density at radius 3 is 2.08 bits per heavy atom. The molecule has 0 aliphatic heterocycles. The van der Waals surface area contributed by atoms with Crippen LogP contribution in [0.25, 0.3) is 0 Å². The first-order valence-corrected chi connectivity index (χ1v) is 3.47. The van der Waals surface area contributed by atoms with Crippen LogP contribution in [0.1, 0.15) is 6.42 Å². The number of carboxylic acid groups (broad SMARTS) is 1. The second kappa shape index (κ2) is 4.81. The van der Waals surface area contributed by atoms with Gasteiger partial charge in [0.2, 0.25) is 0 Å². The minimum Gasteiger partial charge on any atom is -0.480 e. The van der Waals surface area contributed by atoms with E-state index in [9.17, 15) is 9.59 Å². The highest BCUT2D eigenvalue weighted by Gasteiger charge is 2.25. The van der Waals surface area contributed by atoms with Gasteiger partial charge in [-0.1, -0.05) is 0 Å². The van der Waals surface area contributed by atoms with Gasteiger partial charge in [0.1, 0.15) is 6.04 Å². The van der Waals surface area contributed by atoms with Crippen LogP contribution in [-0.2, 0) is 9.59 Å². The Balaban J connectivity index is 4.09. The number of hydrogen-bond donors (Lipinski definition) is 4. The molecule has 0 heterocycles. The minimum atomic E-state index is -1.34. The molecule has 0 spiro atoms. The molecule has 6 heteroatoms. The van der Waals surface area contributed by atoms with Crippen LogP contribution in [0.5, 0.6) is 0 Å². The molecular weight excluding hydrogens is 162 g/mol. The predicted octanol–water partition coefficient (Wildman–Crippen LogP) is -2.36. The van der Waals surface area contributed by atoms with Gasteiger partial charge in [-0.2, -0.15) is 0 Å². The van der Waals surface area contributed by atoms with Crippen LogP contribution in [0.3, 0.4) is 0 Å². The van der Waals surface area contributed by atoms with Gasteiger partial charge in [0.15, 0.2) is 5.78 Å². The van der Waals surface area contributed by atoms with Crippen molar-refractivity contribution in [3.05, 3.63) is 0 Å². The highest BCUT2D eigenvalue weighted by Crippen LogP contribution is 1.92. The molecule has 12 heavy (non-hydrogen) atoms. The van der Waals surface area contributed by atoms with E-state index in [0.29, 0.717) is 0 Å². The number of hydrogen-bond acceptors (Lipinski definition) is 5. The minimum absolute atomic E-state index is 0.0577. The van der Waals surface area contributed by atoms with E-state index in [4.69, 9.17) is 22.3 Å². The average molecular weight is 175 g/mol. The van der Waals surface area contributed by atoms with Crippen LogP contribution in [0.4, 0.5) is 0 Å².